The average molecular weight is 326 g/mol. The van der Waals surface area contributed by atoms with Gasteiger partial charge in [0.25, 0.3) is 5.91 Å². The lowest BCUT2D eigenvalue weighted by Crippen LogP contribution is -2.56. The number of pyridine rings is 1. The molecule has 0 bridgehead atoms. The van der Waals surface area contributed by atoms with E-state index < -0.39 is 12.0 Å². The van der Waals surface area contributed by atoms with Crippen molar-refractivity contribution in [1.82, 2.24) is 5.32 Å². The summed E-state index contributed by atoms with van der Waals surface area (Å²) < 4.78 is 15.0. The number of aromatic nitrogens is 1. The molecule has 1 amide bonds. The van der Waals surface area contributed by atoms with Gasteiger partial charge >= 0.3 is 0 Å². The second kappa shape index (κ2) is 6.20. The van der Waals surface area contributed by atoms with Gasteiger partial charge in [-0.05, 0) is 23.6 Å². The van der Waals surface area contributed by atoms with Crippen LogP contribution >= 0.6 is 12.2 Å². The minimum atomic E-state index is -0.624. The second-order valence-electron chi connectivity index (χ2n) is 5.15. The molecule has 2 heterocycles. The minimum absolute atomic E-state index is 0.187. The van der Waals surface area contributed by atoms with Gasteiger partial charge in [-0.15, -0.1) is 0 Å². The summed E-state index contributed by atoms with van der Waals surface area (Å²) in [6.07, 6.45) is 3.55. The molecule has 1 aliphatic rings. The predicted octanol–water partition coefficient (Wildman–Crippen LogP) is 2.07. The number of rotatable bonds is 2. The van der Waals surface area contributed by atoms with Crippen LogP contribution in [0.4, 0.5) is 4.39 Å². The van der Waals surface area contributed by atoms with E-state index in [-0.39, 0.29) is 16.7 Å². The molecular weight excluding hydrogens is 313 g/mol. The number of piperidine rings is 1. The van der Waals surface area contributed by atoms with Crippen LogP contribution in [0.15, 0.2) is 60.4 Å². The third-order valence-corrected chi connectivity index (χ3v) is 4.12. The highest BCUT2D eigenvalue weighted by Gasteiger charge is 2.45. The first-order valence-electron chi connectivity index (χ1n) is 6.98. The molecule has 114 valence electrons. The topological polar surface area (TPSA) is 56.8 Å². The largest absolute Gasteiger partial charge is 0.310 e. The molecule has 6 heteroatoms. The summed E-state index contributed by atoms with van der Waals surface area (Å²) >= 11 is 5.17. The Kier molecular flexibility index (Phi) is 4.10. The molecule has 3 rings (SSSR count). The SMILES string of the molecule is N=C=C1C(=S)NC(=O)C([n+]2ccccc2)C1c1ccc(F)cc1. The number of amides is 1. The van der Waals surface area contributed by atoms with Crippen molar-refractivity contribution in [3.05, 3.63) is 71.8 Å². The van der Waals surface area contributed by atoms with Crippen molar-refractivity contribution in [2.45, 2.75) is 12.0 Å². The average Bonchev–Trinajstić information content (AvgIpc) is 2.56. The van der Waals surface area contributed by atoms with Crippen LogP contribution in [-0.2, 0) is 4.79 Å². The van der Waals surface area contributed by atoms with Gasteiger partial charge in [0.15, 0.2) is 12.4 Å². The first-order valence-corrected chi connectivity index (χ1v) is 7.38. The van der Waals surface area contributed by atoms with E-state index in [9.17, 15) is 9.18 Å². The van der Waals surface area contributed by atoms with Gasteiger partial charge < -0.3 is 5.32 Å². The third-order valence-electron chi connectivity index (χ3n) is 3.80. The summed E-state index contributed by atoms with van der Waals surface area (Å²) in [5, 5.41) is 10.2. The maximum Gasteiger partial charge on any atom is 0.295 e. The van der Waals surface area contributed by atoms with Crippen molar-refractivity contribution >= 4 is 29.0 Å². The molecule has 2 unspecified atom stereocenters. The van der Waals surface area contributed by atoms with E-state index in [2.05, 4.69) is 11.2 Å². The lowest BCUT2D eigenvalue weighted by Gasteiger charge is -2.29. The van der Waals surface area contributed by atoms with Gasteiger partial charge in [-0.3, -0.25) is 10.2 Å². The molecule has 2 aromatic rings. The van der Waals surface area contributed by atoms with Crippen molar-refractivity contribution in [3.8, 4) is 0 Å². The number of hydrogen-bond acceptors (Lipinski definition) is 3. The van der Waals surface area contributed by atoms with E-state index >= 15 is 0 Å². The number of nitrogens with one attached hydrogen (secondary N) is 2. The molecule has 23 heavy (non-hydrogen) atoms. The molecule has 4 nitrogen and oxygen atoms in total. The second-order valence-corrected chi connectivity index (χ2v) is 5.56. The van der Waals surface area contributed by atoms with Crippen molar-refractivity contribution in [1.29, 1.82) is 5.41 Å². The summed E-state index contributed by atoms with van der Waals surface area (Å²) in [4.78, 5) is 12.7. The van der Waals surface area contributed by atoms with Crippen LogP contribution in [0, 0.1) is 11.2 Å². The van der Waals surface area contributed by atoms with Crippen LogP contribution in [0.1, 0.15) is 17.5 Å². The first-order chi connectivity index (χ1) is 11.1. The number of thiocarbonyl (C=S) groups is 1. The van der Waals surface area contributed by atoms with Crippen molar-refractivity contribution in [2.75, 3.05) is 0 Å². The van der Waals surface area contributed by atoms with E-state index in [1.54, 1.807) is 29.1 Å². The van der Waals surface area contributed by atoms with Crippen molar-refractivity contribution in [3.63, 3.8) is 0 Å². The Labute approximate surface area is 137 Å². The molecule has 1 saturated heterocycles. The Morgan fingerprint density at radius 1 is 1.17 bits per heavy atom. The molecule has 0 radical (unpaired) electrons. The van der Waals surface area contributed by atoms with E-state index in [4.69, 9.17) is 17.6 Å². The minimum Gasteiger partial charge on any atom is -0.310 e. The fourth-order valence-electron chi connectivity index (χ4n) is 2.76. The van der Waals surface area contributed by atoms with Crippen LogP contribution in [0.2, 0.25) is 0 Å². The lowest BCUT2D eigenvalue weighted by molar-refractivity contribution is -0.711. The van der Waals surface area contributed by atoms with E-state index in [0.717, 1.165) is 0 Å². The van der Waals surface area contributed by atoms with Crippen molar-refractivity contribution < 1.29 is 13.8 Å². The molecule has 1 aromatic carbocycles. The normalized spacial score (nSPS) is 20.8. The Morgan fingerprint density at radius 3 is 2.43 bits per heavy atom. The Morgan fingerprint density at radius 2 is 1.83 bits per heavy atom. The van der Waals surface area contributed by atoms with Gasteiger partial charge in [0.2, 0.25) is 6.04 Å². The molecule has 2 N–H and O–H groups in total. The Hall–Kier alpha value is -2.69. The van der Waals surface area contributed by atoms with Gasteiger partial charge in [0.05, 0.1) is 11.5 Å². The van der Waals surface area contributed by atoms with Gasteiger partial charge in [0.1, 0.15) is 10.8 Å². The number of benzene rings is 1. The molecule has 1 aliphatic heterocycles. The molecule has 2 atom stereocenters. The van der Waals surface area contributed by atoms with Crippen molar-refractivity contribution in [2.24, 2.45) is 0 Å². The smallest absolute Gasteiger partial charge is 0.295 e. The van der Waals surface area contributed by atoms with Crippen LogP contribution in [0.25, 0.3) is 0 Å². The van der Waals surface area contributed by atoms with Crippen LogP contribution in [0.5, 0.6) is 0 Å². The summed E-state index contributed by atoms with van der Waals surface area (Å²) in [6, 6.07) is 10.7. The molecule has 0 spiro atoms. The fourth-order valence-corrected chi connectivity index (χ4v) is 3.04. The number of hydrogen-bond donors (Lipinski definition) is 2. The summed E-state index contributed by atoms with van der Waals surface area (Å²) in [6.45, 7) is 0. The zero-order chi connectivity index (χ0) is 16.4. The lowest BCUT2D eigenvalue weighted by atomic mass is 9.82. The Bertz CT molecular complexity index is 813. The van der Waals surface area contributed by atoms with Crippen LogP contribution in [0.3, 0.4) is 0 Å². The molecule has 1 fully saturated rings. The van der Waals surface area contributed by atoms with Gasteiger partial charge in [-0.1, -0.05) is 30.4 Å². The molecule has 0 saturated carbocycles. The molecule has 0 aliphatic carbocycles. The van der Waals surface area contributed by atoms with Gasteiger partial charge in [0, 0.05) is 12.1 Å². The molecular formula is C17H13FN3OS+. The zero-order valence-electron chi connectivity index (χ0n) is 12.0. The van der Waals surface area contributed by atoms with Crippen LogP contribution in [-0.4, -0.2) is 16.8 Å². The monoisotopic (exact) mass is 326 g/mol. The standard InChI is InChI=1S/C17H12FN3OS/c18-12-6-4-11(5-7-12)14-13(10-19)17(23)20-16(22)15(14)21-8-2-1-3-9-21/h1-9,14-15,19H/p+1. The third kappa shape index (κ3) is 2.82. The number of carbonyl (C=O) groups excluding carboxylic acids is 1. The quantitative estimate of drug-likeness (QED) is 0.384. The Balaban J connectivity index is 2.17. The van der Waals surface area contributed by atoms with E-state index in [0.29, 0.717) is 11.1 Å². The number of carbonyl (C=O) groups is 1. The number of halogens is 1. The number of nitrogens with zero attached hydrogens (tertiary/aromatic N) is 1. The summed E-state index contributed by atoms with van der Waals surface area (Å²) in [5.74, 6) is 1.22. The molecule has 1 aromatic heterocycles. The maximum atomic E-state index is 13.2. The van der Waals surface area contributed by atoms with E-state index in [1.165, 1.54) is 12.1 Å². The van der Waals surface area contributed by atoms with Crippen LogP contribution < -0.4 is 9.88 Å². The van der Waals surface area contributed by atoms with Gasteiger partial charge in [-0.2, -0.15) is 4.57 Å². The van der Waals surface area contributed by atoms with E-state index in [1.807, 2.05) is 18.2 Å². The summed E-state index contributed by atoms with van der Waals surface area (Å²) in [5.41, 5.74) is 1.12. The predicted molar refractivity (Wildman–Crippen MR) is 86.8 cm³/mol. The fraction of sp³-hybridized carbons (Fsp3) is 0.118. The highest BCUT2D eigenvalue weighted by molar-refractivity contribution is 7.80. The maximum absolute atomic E-state index is 13.2. The summed E-state index contributed by atoms with van der Waals surface area (Å²) in [7, 11) is 0. The van der Waals surface area contributed by atoms with Gasteiger partial charge in [-0.25, -0.2) is 4.39 Å². The zero-order valence-corrected chi connectivity index (χ0v) is 12.8. The first kappa shape index (κ1) is 15.2. The highest BCUT2D eigenvalue weighted by Crippen LogP contribution is 2.35. The highest BCUT2D eigenvalue weighted by atomic mass is 32.1.